The number of aromatic hydroxyl groups is 1. The van der Waals surface area contributed by atoms with E-state index in [1.165, 1.54) is 11.1 Å². The fourth-order valence-electron chi connectivity index (χ4n) is 2.97. The number of hydrazine groups is 1. The number of hydrogen-bond acceptors (Lipinski definition) is 3. The molecule has 4 heteroatoms. The first kappa shape index (κ1) is 16.5. The van der Waals surface area contributed by atoms with E-state index in [9.17, 15) is 9.90 Å². The Labute approximate surface area is 143 Å². The second kappa shape index (κ2) is 6.29. The first-order chi connectivity index (χ1) is 11.3. The van der Waals surface area contributed by atoms with Crippen molar-refractivity contribution in [1.82, 2.24) is 10.4 Å². The van der Waals surface area contributed by atoms with Crippen LogP contribution in [-0.2, 0) is 18.4 Å². The highest BCUT2D eigenvalue weighted by Crippen LogP contribution is 2.23. The SMILES string of the molecule is CC(C)(C)c1ccc(C(=O)NN2CCc3ccc(O)cc3C2)cc1. The number of carbonyl (C=O) groups is 1. The first-order valence-corrected chi connectivity index (χ1v) is 8.30. The molecule has 1 aliphatic rings. The van der Waals surface area contributed by atoms with Gasteiger partial charge in [-0.25, -0.2) is 5.01 Å². The van der Waals surface area contributed by atoms with Crippen molar-refractivity contribution in [3.05, 3.63) is 64.7 Å². The van der Waals surface area contributed by atoms with Gasteiger partial charge in [-0.2, -0.15) is 0 Å². The summed E-state index contributed by atoms with van der Waals surface area (Å²) >= 11 is 0. The molecule has 1 heterocycles. The molecule has 1 aliphatic heterocycles. The molecule has 2 aromatic carbocycles. The summed E-state index contributed by atoms with van der Waals surface area (Å²) in [6.07, 6.45) is 0.860. The molecule has 0 fully saturated rings. The second-order valence-electron chi connectivity index (χ2n) is 7.39. The predicted octanol–water partition coefficient (Wildman–Crippen LogP) is 3.39. The Kier molecular flexibility index (Phi) is 4.33. The minimum atomic E-state index is -0.0981. The molecule has 2 N–H and O–H groups in total. The zero-order valence-corrected chi connectivity index (χ0v) is 14.5. The van der Waals surface area contributed by atoms with Crippen LogP contribution in [0, 0.1) is 0 Å². The van der Waals surface area contributed by atoms with Gasteiger partial charge in [0, 0.05) is 18.7 Å². The van der Waals surface area contributed by atoms with Gasteiger partial charge < -0.3 is 5.11 Å². The molecule has 2 aromatic rings. The van der Waals surface area contributed by atoms with E-state index < -0.39 is 0 Å². The van der Waals surface area contributed by atoms with Crippen LogP contribution in [0.1, 0.15) is 47.8 Å². The Bertz CT molecular complexity index is 745. The predicted molar refractivity (Wildman–Crippen MR) is 94.8 cm³/mol. The number of benzene rings is 2. The van der Waals surface area contributed by atoms with E-state index in [2.05, 4.69) is 26.2 Å². The normalized spacial score (nSPS) is 15.0. The van der Waals surface area contributed by atoms with Gasteiger partial charge in [0.25, 0.3) is 5.91 Å². The molecule has 3 rings (SSSR count). The van der Waals surface area contributed by atoms with E-state index in [-0.39, 0.29) is 17.1 Å². The molecule has 0 atom stereocenters. The summed E-state index contributed by atoms with van der Waals surface area (Å²) in [5.74, 6) is 0.166. The molecule has 4 nitrogen and oxygen atoms in total. The van der Waals surface area contributed by atoms with Crippen LogP contribution in [0.3, 0.4) is 0 Å². The third-order valence-corrected chi connectivity index (χ3v) is 4.47. The zero-order chi connectivity index (χ0) is 17.3. The number of hydrogen-bond donors (Lipinski definition) is 2. The standard InChI is InChI=1S/C20H24N2O2/c1-20(2,3)17-7-4-15(5-8-17)19(24)21-22-11-10-14-6-9-18(23)12-16(14)13-22/h4-9,12,23H,10-11,13H2,1-3H3,(H,21,24). The average molecular weight is 324 g/mol. The minimum absolute atomic E-state index is 0.0770. The van der Waals surface area contributed by atoms with Crippen molar-refractivity contribution in [2.24, 2.45) is 0 Å². The van der Waals surface area contributed by atoms with Gasteiger partial charge in [-0.3, -0.25) is 10.2 Å². The Hall–Kier alpha value is -2.33. The van der Waals surface area contributed by atoms with Gasteiger partial charge in [0.05, 0.1) is 0 Å². The fourth-order valence-corrected chi connectivity index (χ4v) is 2.97. The Morgan fingerprint density at radius 2 is 1.79 bits per heavy atom. The van der Waals surface area contributed by atoms with Crippen molar-refractivity contribution in [2.45, 2.75) is 39.2 Å². The lowest BCUT2D eigenvalue weighted by Gasteiger charge is -2.29. The quantitative estimate of drug-likeness (QED) is 0.890. The highest BCUT2D eigenvalue weighted by molar-refractivity contribution is 5.93. The van der Waals surface area contributed by atoms with Gasteiger partial charge >= 0.3 is 0 Å². The third kappa shape index (κ3) is 3.60. The van der Waals surface area contributed by atoms with E-state index in [0.29, 0.717) is 12.1 Å². The molecule has 0 saturated carbocycles. The molecule has 0 saturated heterocycles. The minimum Gasteiger partial charge on any atom is -0.508 e. The maximum absolute atomic E-state index is 12.5. The summed E-state index contributed by atoms with van der Waals surface area (Å²) in [5.41, 5.74) is 7.20. The number of phenolic OH excluding ortho intramolecular Hbond substituents is 1. The molecule has 0 bridgehead atoms. The van der Waals surface area contributed by atoms with Crippen molar-refractivity contribution >= 4 is 5.91 Å². The topological polar surface area (TPSA) is 52.6 Å². The van der Waals surface area contributed by atoms with Crippen LogP contribution < -0.4 is 5.43 Å². The molecule has 0 spiro atoms. The summed E-state index contributed by atoms with van der Waals surface area (Å²) in [4.78, 5) is 12.5. The Morgan fingerprint density at radius 3 is 2.46 bits per heavy atom. The van der Waals surface area contributed by atoms with Crippen LogP contribution in [0.15, 0.2) is 42.5 Å². The molecular formula is C20H24N2O2. The van der Waals surface area contributed by atoms with Crippen molar-refractivity contribution in [2.75, 3.05) is 6.54 Å². The largest absolute Gasteiger partial charge is 0.508 e. The van der Waals surface area contributed by atoms with Gasteiger partial charge in [0.1, 0.15) is 5.75 Å². The lowest BCUT2D eigenvalue weighted by molar-refractivity contribution is 0.0763. The summed E-state index contributed by atoms with van der Waals surface area (Å²) in [6, 6.07) is 13.2. The lowest BCUT2D eigenvalue weighted by Crippen LogP contribution is -2.44. The van der Waals surface area contributed by atoms with Crippen molar-refractivity contribution in [1.29, 1.82) is 0 Å². The summed E-state index contributed by atoms with van der Waals surface area (Å²) in [6.45, 7) is 7.84. The summed E-state index contributed by atoms with van der Waals surface area (Å²) in [5, 5.41) is 11.5. The van der Waals surface area contributed by atoms with Crippen LogP contribution in [0.4, 0.5) is 0 Å². The Morgan fingerprint density at radius 1 is 1.08 bits per heavy atom. The maximum Gasteiger partial charge on any atom is 0.265 e. The molecule has 24 heavy (non-hydrogen) atoms. The van der Waals surface area contributed by atoms with Gasteiger partial charge in [-0.1, -0.05) is 39.0 Å². The van der Waals surface area contributed by atoms with Crippen LogP contribution in [0.5, 0.6) is 5.75 Å². The summed E-state index contributed by atoms with van der Waals surface area (Å²) < 4.78 is 0. The zero-order valence-electron chi connectivity index (χ0n) is 14.5. The van der Waals surface area contributed by atoms with E-state index in [1.54, 1.807) is 12.1 Å². The van der Waals surface area contributed by atoms with Crippen molar-refractivity contribution < 1.29 is 9.90 Å². The van der Waals surface area contributed by atoms with Gasteiger partial charge in [0.15, 0.2) is 0 Å². The highest BCUT2D eigenvalue weighted by Gasteiger charge is 2.19. The molecule has 126 valence electrons. The Balaban J connectivity index is 1.67. The van der Waals surface area contributed by atoms with Gasteiger partial charge in [-0.05, 0) is 52.8 Å². The van der Waals surface area contributed by atoms with E-state index in [0.717, 1.165) is 18.5 Å². The first-order valence-electron chi connectivity index (χ1n) is 8.30. The average Bonchev–Trinajstić information content (AvgIpc) is 2.53. The van der Waals surface area contributed by atoms with E-state index in [4.69, 9.17) is 0 Å². The number of nitrogens with zero attached hydrogens (tertiary/aromatic N) is 1. The second-order valence-corrected chi connectivity index (χ2v) is 7.39. The van der Waals surface area contributed by atoms with Crippen LogP contribution in [0.25, 0.3) is 0 Å². The maximum atomic E-state index is 12.5. The van der Waals surface area contributed by atoms with Gasteiger partial charge in [0.2, 0.25) is 0 Å². The number of fused-ring (bicyclic) bond motifs is 1. The lowest BCUT2D eigenvalue weighted by atomic mass is 9.87. The third-order valence-electron chi connectivity index (χ3n) is 4.47. The number of rotatable bonds is 2. The van der Waals surface area contributed by atoms with Crippen molar-refractivity contribution in [3.63, 3.8) is 0 Å². The molecule has 0 unspecified atom stereocenters. The number of phenols is 1. The molecule has 1 amide bonds. The van der Waals surface area contributed by atoms with Crippen LogP contribution in [0.2, 0.25) is 0 Å². The van der Waals surface area contributed by atoms with E-state index >= 15 is 0 Å². The van der Waals surface area contributed by atoms with Gasteiger partial charge in [-0.15, -0.1) is 0 Å². The number of carbonyl (C=O) groups excluding carboxylic acids is 1. The van der Waals surface area contributed by atoms with Crippen molar-refractivity contribution in [3.8, 4) is 5.75 Å². The number of amides is 1. The molecule has 0 radical (unpaired) electrons. The van der Waals surface area contributed by atoms with E-state index in [1.807, 2.05) is 35.3 Å². The molecular weight excluding hydrogens is 300 g/mol. The smallest absolute Gasteiger partial charge is 0.265 e. The fraction of sp³-hybridized carbons (Fsp3) is 0.350. The van der Waals surface area contributed by atoms with Crippen LogP contribution in [-0.4, -0.2) is 22.6 Å². The monoisotopic (exact) mass is 324 g/mol. The van der Waals surface area contributed by atoms with Crippen LogP contribution >= 0.6 is 0 Å². The highest BCUT2D eigenvalue weighted by atomic mass is 16.3. The number of nitrogens with one attached hydrogen (secondary N) is 1. The summed E-state index contributed by atoms with van der Waals surface area (Å²) in [7, 11) is 0. The molecule has 0 aromatic heterocycles. The molecule has 0 aliphatic carbocycles.